The van der Waals surface area contributed by atoms with Crippen LogP contribution in [0.4, 0.5) is 0 Å². The standard InChI is InChI=1S/C10H18S.C2H4O2/c1-4-10(8-11)7-5-6-9(2)3;1-2(3)4/h4,6,11H,5,7-8H2,1-3H3;1H3,(H,3,4). The lowest BCUT2D eigenvalue weighted by molar-refractivity contribution is -0.134. The van der Waals surface area contributed by atoms with Crippen LogP contribution in [0.3, 0.4) is 0 Å². The maximum Gasteiger partial charge on any atom is 0.300 e. The topological polar surface area (TPSA) is 37.3 Å². The summed E-state index contributed by atoms with van der Waals surface area (Å²) in [6, 6.07) is 0. The van der Waals surface area contributed by atoms with Crippen molar-refractivity contribution >= 4 is 18.6 Å². The first-order chi connectivity index (χ1) is 6.93. The van der Waals surface area contributed by atoms with Crippen LogP contribution < -0.4 is 0 Å². The molecule has 0 amide bonds. The van der Waals surface area contributed by atoms with E-state index < -0.39 is 5.97 Å². The van der Waals surface area contributed by atoms with Crippen molar-refractivity contribution in [3.05, 3.63) is 23.3 Å². The first-order valence-electron chi connectivity index (χ1n) is 5.01. The monoisotopic (exact) mass is 230 g/mol. The summed E-state index contributed by atoms with van der Waals surface area (Å²) in [5, 5.41) is 7.42. The maximum atomic E-state index is 9.00. The molecule has 0 rings (SSSR count). The smallest absolute Gasteiger partial charge is 0.300 e. The summed E-state index contributed by atoms with van der Waals surface area (Å²) >= 11 is 4.23. The van der Waals surface area contributed by atoms with E-state index in [1.165, 1.54) is 11.1 Å². The summed E-state index contributed by atoms with van der Waals surface area (Å²) in [6.45, 7) is 7.43. The van der Waals surface area contributed by atoms with E-state index in [1.807, 2.05) is 0 Å². The molecule has 0 radical (unpaired) electrons. The van der Waals surface area contributed by atoms with Gasteiger partial charge in [0.25, 0.3) is 5.97 Å². The second-order valence-electron chi connectivity index (χ2n) is 3.44. The molecule has 0 aromatic heterocycles. The quantitative estimate of drug-likeness (QED) is 0.571. The number of thiol groups is 1. The molecule has 3 heteroatoms. The van der Waals surface area contributed by atoms with Crippen molar-refractivity contribution in [2.75, 3.05) is 5.75 Å². The second-order valence-corrected chi connectivity index (χ2v) is 3.76. The molecule has 0 aliphatic heterocycles. The van der Waals surface area contributed by atoms with Gasteiger partial charge in [-0.2, -0.15) is 12.6 Å². The Hall–Kier alpha value is -0.700. The maximum absolute atomic E-state index is 9.00. The minimum Gasteiger partial charge on any atom is -0.481 e. The van der Waals surface area contributed by atoms with E-state index in [1.54, 1.807) is 0 Å². The summed E-state index contributed by atoms with van der Waals surface area (Å²) in [7, 11) is 0. The molecule has 0 aromatic carbocycles. The number of carboxylic acid groups (broad SMARTS) is 1. The van der Waals surface area contributed by atoms with Gasteiger partial charge in [0.2, 0.25) is 0 Å². The van der Waals surface area contributed by atoms with E-state index in [0.717, 1.165) is 25.5 Å². The third-order valence-electron chi connectivity index (χ3n) is 1.63. The van der Waals surface area contributed by atoms with E-state index in [2.05, 4.69) is 45.6 Å². The number of rotatable bonds is 4. The van der Waals surface area contributed by atoms with Crippen LogP contribution in [0.25, 0.3) is 0 Å². The van der Waals surface area contributed by atoms with Crippen molar-refractivity contribution in [3.8, 4) is 0 Å². The predicted molar refractivity (Wildman–Crippen MR) is 69.6 cm³/mol. The van der Waals surface area contributed by atoms with Gasteiger partial charge in [-0.05, 0) is 33.6 Å². The van der Waals surface area contributed by atoms with Gasteiger partial charge >= 0.3 is 0 Å². The number of carboxylic acids is 1. The zero-order valence-corrected chi connectivity index (χ0v) is 11.0. The van der Waals surface area contributed by atoms with Gasteiger partial charge in [-0.3, -0.25) is 4.79 Å². The molecule has 0 heterocycles. The molecule has 0 aliphatic carbocycles. The van der Waals surface area contributed by atoms with Crippen molar-refractivity contribution < 1.29 is 9.90 Å². The Labute approximate surface area is 98.5 Å². The Bertz CT molecular complexity index is 222. The van der Waals surface area contributed by atoms with Gasteiger partial charge < -0.3 is 5.11 Å². The lowest BCUT2D eigenvalue weighted by Crippen LogP contribution is -1.83. The predicted octanol–water partition coefficient (Wildman–Crippen LogP) is 3.70. The van der Waals surface area contributed by atoms with Crippen LogP contribution in [0.1, 0.15) is 40.5 Å². The van der Waals surface area contributed by atoms with E-state index in [4.69, 9.17) is 9.90 Å². The van der Waals surface area contributed by atoms with Crippen molar-refractivity contribution in [3.63, 3.8) is 0 Å². The highest BCUT2D eigenvalue weighted by molar-refractivity contribution is 7.80. The molecule has 1 N–H and O–H groups in total. The highest BCUT2D eigenvalue weighted by Gasteiger charge is 1.90. The molecule has 15 heavy (non-hydrogen) atoms. The van der Waals surface area contributed by atoms with Crippen LogP contribution >= 0.6 is 12.6 Å². The molecule has 0 spiro atoms. The summed E-state index contributed by atoms with van der Waals surface area (Å²) in [4.78, 5) is 9.00. The zero-order chi connectivity index (χ0) is 12.3. The summed E-state index contributed by atoms with van der Waals surface area (Å²) < 4.78 is 0. The second kappa shape index (κ2) is 11.4. The molecule has 0 bridgehead atoms. The van der Waals surface area contributed by atoms with Gasteiger partial charge in [0.15, 0.2) is 0 Å². The van der Waals surface area contributed by atoms with Crippen molar-refractivity contribution in [2.45, 2.75) is 40.5 Å². The molecule has 0 aliphatic rings. The van der Waals surface area contributed by atoms with Crippen molar-refractivity contribution in [1.82, 2.24) is 0 Å². The Balaban J connectivity index is 0. The fourth-order valence-corrected chi connectivity index (χ4v) is 1.20. The number of carbonyl (C=O) groups is 1. The summed E-state index contributed by atoms with van der Waals surface area (Å²) in [5.41, 5.74) is 2.84. The van der Waals surface area contributed by atoms with Gasteiger partial charge in [-0.25, -0.2) is 0 Å². The van der Waals surface area contributed by atoms with E-state index in [-0.39, 0.29) is 0 Å². The fraction of sp³-hybridized carbons (Fsp3) is 0.583. The molecule has 0 fully saturated rings. The van der Waals surface area contributed by atoms with Crippen LogP contribution in [0.5, 0.6) is 0 Å². The van der Waals surface area contributed by atoms with Gasteiger partial charge in [-0.15, -0.1) is 0 Å². The van der Waals surface area contributed by atoms with E-state index in [9.17, 15) is 0 Å². The molecular weight excluding hydrogens is 208 g/mol. The Morgan fingerprint density at radius 1 is 1.33 bits per heavy atom. The van der Waals surface area contributed by atoms with Crippen LogP contribution in [0.2, 0.25) is 0 Å². The third kappa shape index (κ3) is 19.6. The number of aliphatic carboxylic acids is 1. The molecule has 0 unspecified atom stereocenters. The van der Waals surface area contributed by atoms with Crippen LogP contribution in [-0.2, 0) is 4.79 Å². The molecule has 88 valence electrons. The first kappa shape index (κ1) is 16.7. The molecule has 0 atom stereocenters. The van der Waals surface area contributed by atoms with Crippen molar-refractivity contribution in [2.24, 2.45) is 0 Å². The lowest BCUT2D eigenvalue weighted by Gasteiger charge is -1.99. The minimum atomic E-state index is -0.833. The zero-order valence-electron chi connectivity index (χ0n) is 10.1. The van der Waals surface area contributed by atoms with Gasteiger partial charge in [-0.1, -0.05) is 23.3 Å². The number of hydrogen-bond donors (Lipinski definition) is 2. The SMILES string of the molecule is CC(=O)O.CC=C(CS)CCC=C(C)C. The normalized spacial score (nSPS) is 10.1. The van der Waals surface area contributed by atoms with Crippen LogP contribution in [0, 0.1) is 0 Å². The highest BCUT2D eigenvalue weighted by Crippen LogP contribution is 2.08. The van der Waals surface area contributed by atoms with Crippen molar-refractivity contribution in [1.29, 1.82) is 0 Å². The van der Waals surface area contributed by atoms with Gasteiger partial charge in [0.05, 0.1) is 0 Å². The average Bonchev–Trinajstić information content (AvgIpc) is 2.11. The molecule has 0 aromatic rings. The number of allylic oxidation sites excluding steroid dienone is 3. The van der Waals surface area contributed by atoms with E-state index >= 15 is 0 Å². The molecular formula is C12H22O2S. The van der Waals surface area contributed by atoms with Crippen LogP contribution in [0.15, 0.2) is 23.3 Å². The molecule has 0 saturated carbocycles. The van der Waals surface area contributed by atoms with Gasteiger partial charge in [0, 0.05) is 12.7 Å². The lowest BCUT2D eigenvalue weighted by atomic mass is 10.1. The third-order valence-corrected chi connectivity index (χ3v) is 2.04. The van der Waals surface area contributed by atoms with Crippen LogP contribution in [-0.4, -0.2) is 16.8 Å². The Morgan fingerprint density at radius 3 is 2.07 bits per heavy atom. The summed E-state index contributed by atoms with van der Waals surface area (Å²) in [5.74, 6) is 0.0626. The molecule has 2 nitrogen and oxygen atoms in total. The fourth-order valence-electron chi connectivity index (χ4n) is 0.861. The summed E-state index contributed by atoms with van der Waals surface area (Å²) in [6.07, 6.45) is 6.74. The molecule has 0 saturated heterocycles. The highest BCUT2D eigenvalue weighted by atomic mass is 32.1. The first-order valence-corrected chi connectivity index (χ1v) is 5.65. The minimum absolute atomic E-state index is 0.833. The number of hydrogen-bond acceptors (Lipinski definition) is 2. The van der Waals surface area contributed by atoms with Gasteiger partial charge in [0.1, 0.15) is 0 Å². The largest absolute Gasteiger partial charge is 0.481 e. The van der Waals surface area contributed by atoms with E-state index in [0.29, 0.717) is 0 Å². The Morgan fingerprint density at radius 2 is 1.80 bits per heavy atom. The Kier molecular flexibility index (Phi) is 12.7. The average molecular weight is 230 g/mol.